The molecule has 0 aliphatic carbocycles. The summed E-state index contributed by atoms with van der Waals surface area (Å²) in [4.78, 5) is 14.1. The lowest BCUT2D eigenvalue weighted by atomic mass is 10.2. The summed E-state index contributed by atoms with van der Waals surface area (Å²) in [7, 11) is 0. The lowest BCUT2D eigenvalue weighted by molar-refractivity contribution is -0.490. The molecule has 0 aromatic rings. The van der Waals surface area contributed by atoms with Gasteiger partial charge in [0, 0.05) is 6.42 Å². The van der Waals surface area contributed by atoms with E-state index in [2.05, 4.69) is 9.93 Å². The summed E-state index contributed by atoms with van der Waals surface area (Å²) in [6.07, 6.45) is 2.26. The zero-order valence-electron chi connectivity index (χ0n) is 6.15. The second kappa shape index (κ2) is 7.46. The summed E-state index contributed by atoms with van der Waals surface area (Å²) in [5.74, 6) is -0.788. The predicted octanol–water partition coefficient (Wildman–Crippen LogP) is 1.05. The number of unbranched alkanes of at least 4 members (excludes halogenated alkanes) is 2. The Hall–Kier alpha value is -0.650. The smallest absolute Gasteiger partial charge is 0.303 e. The molecule has 0 heterocycles. The van der Waals surface area contributed by atoms with E-state index in [1.807, 2.05) is 0 Å². The number of hydrogen-bond acceptors (Lipinski definition) is 4. The van der Waals surface area contributed by atoms with Gasteiger partial charge in [-0.05, 0) is 12.8 Å². The van der Waals surface area contributed by atoms with Crippen molar-refractivity contribution in [1.82, 2.24) is 0 Å². The average molecular weight is 164 g/mol. The van der Waals surface area contributed by atoms with Crippen molar-refractivity contribution in [3.8, 4) is 0 Å². The van der Waals surface area contributed by atoms with E-state index in [9.17, 15) is 4.79 Å². The van der Waals surface area contributed by atoms with E-state index < -0.39 is 5.97 Å². The van der Waals surface area contributed by atoms with E-state index in [4.69, 9.17) is 10.4 Å². The Bertz CT molecular complexity index is 103. The van der Waals surface area contributed by atoms with Gasteiger partial charge in [-0.1, -0.05) is 11.5 Å². The lowest BCUT2D eigenvalue weighted by Gasteiger charge is -1.96. The highest BCUT2D eigenvalue weighted by Crippen LogP contribution is 1.99. The minimum Gasteiger partial charge on any atom is -0.481 e. The van der Waals surface area contributed by atoms with Crippen molar-refractivity contribution >= 4 is 5.97 Å². The van der Waals surface area contributed by atoms with E-state index in [0.717, 1.165) is 6.42 Å². The summed E-state index contributed by atoms with van der Waals surface area (Å²) < 4.78 is 0. The van der Waals surface area contributed by atoms with Gasteiger partial charge in [0.15, 0.2) is 0 Å². The summed E-state index contributed by atoms with van der Waals surface area (Å²) in [6.45, 7) is 0.288. The molecule has 0 atom stereocenters. The molecule has 0 amide bonds. The highest BCUT2D eigenvalue weighted by atomic mass is 17.5. The normalized spacial score (nSPS) is 9.91. The fourth-order valence-electron chi connectivity index (χ4n) is 0.651. The first-order valence-electron chi connectivity index (χ1n) is 3.42. The Morgan fingerprint density at radius 1 is 1.27 bits per heavy atom. The van der Waals surface area contributed by atoms with Crippen LogP contribution in [-0.4, -0.2) is 22.9 Å². The van der Waals surface area contributed by atoms with Gasteiger partial charge in [0.2, 0.25) is 0 Å². The maximum Gasteiger partial charge on any atom is 0.303 e. The van der Waals surface area contributed by atoms with Crippen molar-refractivity contribution < 1.29 is 25.1 Å². The molecule has 2 N–H and O–H groups in total. The van der Waals surface area contributed by atoms with Gasteiger partial charge in [0.25, 0.3) is 0 Å². The van der Waals surface area contributed by atoms with Gasteiger partial charge in [-0.15, -0.1) is 0 Å². The zero-order valence-corrected chi connectivity index (χ0v) is 6.15. The van der Waals surface area contributed by atoms with Crippen LogP contribution < -0.4 is 0 Å². The van der Waals surface area contributed by atoms with Crippen molar-refractivity contribution in [3.63, 3.8) is 0 Å². The molecule has 0 aliphatic rings. The van der Waals surface area contributed by atoms with E-state index in [1.54, 1.807) is 0 Å². The molecule has 5 nitrogen and oxygen atoms in total. The molecule has 5 heteroatoms. The van der Waals surface area contributed by atoms with Crippen molar-refractivity contribution in [3.05, 3.63) is 0 Å². The van der Waals surface area contributed by atoms with Crippen LogP contribution in [0.15, 0.2) is 0 Å². The van der Waals surface area contributed by atoms with E-state index in [1.165, 1.54) is 0 Å². The third kappa shape index (κ3) is 9.35. The number of carboxylic acids is 1. The number of aliphatic carboxylic acids is 1. The maximum atomic E-state index is 9.99. The van der Waals surface area contributed by atoms with Gasteiger partial charge in [-0.3, -0.25) is 4.79 Å². The molecule has 11 heavy (non-hydrogen) atoms. The van der Waals surface area contributed by atoms with E-state index in [-0.39, 0.29) is 13.0 Å². The molecule has 0 aliphatic heterocycles. The number of carbonyl (C=O) groups is 1. The van der Waals surface area contributed by atoms with E-state index >= 15 is 0 Å². The van der Waals surface area contributed by atoms with Crippen molar-refractivity contribution in [1.29, 1.82) is 0 Å². The highest BCUT2D eigenvalue weighted by molar-refractivity contribution is 5.66. The van der Waals surface area contributed by atoms with Crippen LogP contribution in [0.5, 0.6) is 0 Å². The Labute approximate surface area is 64.4 Å². The van der Waals surface area contributed by atoms with Crippen LogP contribution in [0.4, 0.5) is 0 Å². The fraction of sp³-hybridized carbons (Fsp3) is 0.833. The van der Waals surface area contributed by atoms with Gasteiger partial charge in [-0.2, -0.15) is 0 Å². The second-order valence-electron chi connectivity index (χ2n) is 2.10. The fourth-order valence-corrected chi connectivity index (χ4v) is 0.651. The third-order valence-corrected chi connectivity index (χ3v) is 1.17. The Balaban J connectivity index is 2.85. The average Bonchev–Trinajstić information content (AvgIpc) is 1.96. The summed E-state index contributed by atoms with van der Waals surface area (Å²) >= 11 is 0. The minimum absolute atomic E-state index is 0.181. The standard InChI is InChI=1S/C6H12O5/c7-6(8)4-2-1-3-5-10-11-9/h9H,1-5H2,(H,7,8). The van der Waals surface area contributed by atoms with Gasteiger partial charge in [0.1, 0.15) is 0 Å². The quantitative estimate of drug-likeness (QED) is 0.334. The van der Waals surface area contributed by atoms with Crippen molar-refractivity contribution in [2.24, 2.45) is 0 Å². The molecular weight excluding hydrogens is 152 g/mol. The van der Waals surface area contributed by atoms with Crippen molar-refractivity contribution in [2.75, 3.05) is 6.61 Å². The first kappa shape index (κ1) is 10.3. The van der Waals surface area contributed by atoms with Crippen LogP contribution in [0.25, 0.3) is 0 Å². The largest absolute Gasteiger partial charge is 0.481 e. The van der Waals surface area contributed by atoms with Gasteiger partial charge in [-0.25, -0.2) is 10.1 Å². The summed E-state index contributed by atoms with van der Waals surface area (Å²) in [5, 5.41) is 19.3. The number of carboxylic acid groups (broad SMARTS) is 1. The molecule has 0 bridgehead atoms. The van der Waals surface area contributed by atoms with Crippen LogP contribution in [-0.2, 0) is 14.7 Å². The molecule has 0 saturated heterocycles. The molecule has 0 saturated carbocycles. The molecule has 0 aromatic carbocycles. The SMILES string of the molecule is O=C(O)CCCCCOOO. The summed E-state index contributed by atoms with van der Waals surface area (Å²) in [5.41, 5.74) is 0. The Morgan fingerprint density at radius 3 is 2.55 bits per heavy atom. The van der Waals surface area contributed by atoms with Crippen LogP contribution >= 0.6 is 0 Å². The molecule has 0 radical (unpaired) electrons. The molecule has 0 aromatic heterocycles. The minimum atomic E-state index is -0.788. The van der Waals surface area contributed by atoms with Crippen LogP contribution in [0, 0.1) is 0 Å². The van der Waals surface area contributed by atoms with Crippen LogP contribution in [0.2, 0.25) is 0 Å². The molecular formula is C6H12O5. The van der Waals surface area contributed by atoms with Gasteiger partial charge in [0.05, 0.1) is 6.61 Å². The van der Waals surface area contributed by atoms with Gasteiger partial charge < -0.3 is 5.11 Å². The lowest BCUT2D eigenvalue weighted by Crippen LogP contribution is -1.96. The van der Waals surface area contributed by atoms with E-state index in [0.29, 0.717) is 12.8 Å². The van der Waals surface area contributed by atoms with Crippen LogP contribution in [0.1, 0.15) is 25.7 Å². The number of rotatable bonds is 7. The highest BCUT2D eigenvalue weighted by Gasteiger charge is 1.95. The third-order valence-electron chi connectivity index (χ3n) is 1.17. The zero-order chi connectivity index (χ0) is 8.53. The number of hydrogen-bond donors (Lipinski definition) is 2. The van der Waals surface area contributed by atoms with Crippen LogP contribution in [0.3, 0.4) is 0 Å². The molecule has 0 unspecified atom stereocenters. The second-order valence-corrected chi connectivity index (χ2v) is 2.10. The molecule has 66 valence electrons. The molecule has 0 spiro atoms. The Kier molecular flexibility index (Phi) is 7.02. The predicted molar refractivity (Wildman–Crippen MR) is 35.8 cm³/mol. The molecule has 0 fully saturated rings. The first-order valence-corrected chi connectivity index (χ1v) is 3.42. The van der Waals surface area contributed by atoms with Crippen molar-refractivity contribution in [2.45, 2.75) is 25.7 Å². The molecule has 0 rings (SSSR count). The topological polar surface area (TPSA) is 76.0 Å². The van der Waals surface area contributed by atoms with Gasteiger partial charge >= 0.3 is 5.97 Å². The first-order chi connectivity index (χ1) is 5.27. The summed E-state index contributed by atoms with van der Waals surface area (Å²) in [6, 6.07) is 0. The Morgan fingerprint density at radius 2 is 2.00 bits per heavy atom. The maximum absolute atomic E-state index is 9.99. The monoisotopic (exact) mass is 164 g/mol.